The van der Waals surface area contributed by atoms with Gasteiger partial charge in [0.05, 0.1) is 0 Å². The lowest BCUT2D eigenvalue weighted by molar-refractivity contribution is -0.133. The van der Waals surface area contributed by atoms with Crippen LogP contribution in [0.25, 0.3) is 0 Å². The fourth-order valence-electron chi connectivity index (χ4n) is 1.99. The summed E-state index contributed by atoms with van der Waals surface area (Å²) in [7, 11) is 0. The fourth-order valence-corrected chi connectivity index (χ4v) is 1.99. The first-order valence-electron chi connectivity index (χ1n) is 5.26. The molecule has 0 saturated heterocycles. The summed E-state index contributed by atoms with van der Waals surface area (Å²) >= 11 is 0. The van der Waals surface area contributed by atoms with E-state index in [1.807, 2.05) is 13.8 Å². The van der Waals surface area contributed by atoms with Gasteiger partial charge in [-0.15, -0.1) is 0 Å². The van der Waals surface area contributed by atoms with Crippen LogP contribution in [0.1, 0.15) is 41.5 Å². The molecule has 2 heteroatoms. The molecular weight excluding hydrogens is 176 g/mol. The van der Waals surface area contributed by atoms with Gasteiger partial charge in [0, 0.05) is 5.57 Å². The molecule has 14 heavy (non-hydrogen) atoms. The highest BCUT2D eigenvalue weighted by Crippen LogP contribution is 2.27. The molecular formula is C12H22O2. The molecule has 0 heterocycles. The van der Waals surface area contributed by atoms with Crippen LogP contribution in [-0.2, 0) is 4.79 Å². The third-order valence-electron chi connectivity index (χ3n) is 2.36. The summed E-state index contributed by atoms with van der Waals surface area (Å²) in [5.74, 6) is -0.0586. The summed E-state index contributed by atoms with van der Waals surface area (Å²) in [4.78, 5) is 11.1. The molecule has 0 aliphatic carbocycles. The third kappa shape index (κ3) is 3.17. The molecule has 0 spiro atoms. The molecule has 0 atom stereocenters. The predicted molar refractivity (Wildman–Crippen MR) is 59.2 cm³/mol. The largest absolute Gasteiger partial charge is 0.478 e. The summed E-state index contributed by atoms with van der Waals surface area (Å²) in [5, 5.41) is 9.15. The lowest BCUT2D eigenvalue weighted by Crippen LogP contribution is -2.16. The molecule has 0 aromatic carbocycles. The van der Waals surface area contributed by atoms with Gasteiger partial charge in [-0.1, -0.05) is 47.1 Å². The molecule has 0 radical (unpaired) electrons. The van der Waals surface area contributed by atoms with E-state index in [0.717, 1.165) is 5.57 Å². The topological polar surface area (TPSA) is 37.3 Å². The van der Waals surface area contributed by atoms with E-state index in [4.69, 9.17) is 5.11 Å². The molecule has 0 aliphatic heterocycles. The van der Waals surface area contributed by atoms with Gasteiger partial charge in [0.25, 0.3) is 0 Å². The monoisotopic (exact) mass is 198 g/mol. The van der Waals surface area contributed by atoms with Crippen LogP contribution in [0.2, 0.25) is 0 Å². The van der Waals surface area contributed by atoms with Gasteiger partial charge in [0.1, 0.15) is 0 Å². The fraction of sp³-hybridized carbons (Fsp3) is 0.750. The summed E-state index contributed by atoms with van der Waals surface area (Å²) in [6, 6.07) is 0. The van der Waals surface area contributed by atoms with Gasteiger partial charge < -0.3 is 5.11 Å². The first-order chi connectivity index (χ1) is 6.29. The van der Waals surface area contributed by atoms with Gasteiger partial charge in [0.15, 0.2) is 0 Å². The molecule has 0 saturated carbocycles. The number of rotatable bonds is 4. The van der Waals surface area contributed by atoms with E-state index < -0.39 is 5.97 Å². The number of hydrogen-bond donors (Lipinski definition) is 1. The first kappa shape index (κ1) is 13.2. The Bertz CT molecular complexity index is 225. The third-order valence-corrected chi connectivity index (χ3v) is 2.36. The highest BCUT2D eigenvalue weighted by Gasteiger charge is 2.21. The number of carboxylic acid groups (broad SMARTS) is 1. The lowest BCUT2D eigenvalue weighted by Gasteiger charge is -2.21. The Morgan fingerprint density at radius 3 is 1.29 bits per heavy atom. The molecule has 1 N–H and O–H groups in total. The standard InChI is InChI=1S/C12H22O2/c1-7(2)10(8(3)4)11(9(5)6)12(13)14/h7-9H,1-6H3,(H,13,14). The maximum atomic E-state index is 11.1. The average molecular weight is 198 g/mol. The summed E-state index contributed by atoms with van der Waals surface area (Å²) in [6.45, 7) is 12.1. The number of allylic oxidation sites excluding steroid dienone is 1. The van der Waals surface area contributed by atoms with Gasteiger partial charge in [-0.2, -0.15) is 0 Å². The Morgan fingerprint density at radius 1 is 0.857 bits per heavy atom. The predicted octanol–water partition coefficient (Wildman–Crippen LogP) is 3.34. The minimum atomic E-state index is -0.766. The molecule has 82 valence electrons. The zero-order chi connectivity index (χ0) is 11.5. The zero-order valence-electron chi connectivity index (χ0n) is 10.1. The molecule has 0 unspecified atom stereocenters. The Balaban J connectivity index is 5.39. The van der Waals surface area contributed by atoms with Crippen LogP contribution in [0.4, 0.5) is 0 Å². The van der Waals surface area contributed by atoms with Crippen molar-refractivity contribution in [3.05, 3.63) is 11.1 Å². The number of carboxylic acids is 1. The minimum Gasteiger partial charge on any atom is -0.478 e. The second-order valence-corrected chi connectivity index (χ2v) is 4.64. The van der Waals surface area contributed by atoms with Crippen molar-refractivity contribution in [2.45, 2.75) is 41.5 Å². The van der Waals surface area contributed by atoms with E-state index in [1.165, 1.54) is 0 Å². The van der Waals surface area contributed by atoms with Crippen molar-refractivity contribution < 1.29 is 9.90 Å². The first-order valence-corrected chi connectivity index (χ1v) is 5.26. The van der Waals surface area contributed by atoms with Gasteiger partial charge in [-0.3, -0.25) is 0 Å². The summed E-state index contributed by atoms with van der Waals surface area (Å²) in [5.41, 5.74) is 1.67. The number of hydrogen-bond acceptors (Lipinski definition) is 1. The average Bonchev–Trinajstić information content (AvgIpc) is 1.96. The molecule has 0 fully saturated rings. The maximum absolute atomic E-state index is 11.1. The van der Waals surface area contributed by atoms with E-state index in [1.54, 1.807) is 0 Å². The zero-order valence-corrected chi connectivity index (χ0v) is 10.1. The molecule has 0 bridgehead atoms. The van der Waals surface area contributed by atoms with Crippen LogP contribution in [-0.4, -0.2) is 11.1 Å². The summed E-state index contributed by atoms with van der Waals surface area (Å²) in [6.07, 6.45) is 0. The number of carbonyl (C=O) groups is 1. The van der Waals surface area contributed by atoms with Gasteiger partial charge in [0.2, 0.25) is 0 Å². The van der Waals surface area contributed by atoms with Crippen LogP contribution in [0.15, 0.2) is 11.1 Å². The van der Waals surface area contributed by atoms with Crippen molar-refractivity contribution in [3.8, 4) is 0 Å². The van der Waals surface area contributed by atoms with Crippen molar-refractivity contribution in [2.75, 3.05) is 0 Å². The molecule has 0 aromatic rings. The van der Waals surface area contributed by atoms with Crippen molar-refractivity contribution in [2.24, 2.45) is 17.8 Å². The van der Waals surface area contributed by atoms with Crippen molar-refractivity contribution in [1.29, 1.82) is 0 Å². The van der Waals surface area contributed by atoms with E-state index in [2.05, 4.69) is 27.7 Å². The normalized spacial score (nSPS) is 11.2. The van der Waals surface area contributed by atoms with Gasteiger partial charge >= 0.3 is 5.97 Å². The molecule has 0 amide bonds. The van der Waals surface area contributed by atoms with Gasteiger partial charge in [-0.05, 0) is 17.8 Å². The van der Waals surface area contributed by atoms with Crippen molar-refractivity contribution in [1.82, 2.24) is 0 Å². The van der Waals surface area contributed by atoms with Crippen LogP contribution >= 0.6 is 0 Å². The second-order valence-electron chi connectivity index (χ2n) is 4.64. The van der Waals surface area contributed by atoms with E-state index in [-0.39, 0.29) is 5.92 Å². The second kappa shape index (κ2) is 5.18. The Morgan fingerprint density at radius 2 is 1.21 bits per heavy atom. The quantitative estimate of drug-likeness (QED) is 0.703. The van der Waals surface area contributed by atoms with Crippen LogP contribution in [0, 0.1) is 17.8 Å². The lowest BCUT2D eigenvalue weighted by atomic mass is 9.84. The SMILES string of the molecule is CC(C)C(C(=O)O)=C(C(C)C)C(C)C. The number of aliphatic carboxylic acids is 1. The van der Waals surface area contributed by atoms with E-state index in [9.17, 15) is 4.79 Å². The van der Waals surface area contributed by atoms with E-state index >= 15 is 0 Å². The Kier molecular flexibility index (Phi) is 4.89. The highest BCUT2D eigenvalue weighted by molar-refractivity contribution is 5.88. The maximum Gasteiger partial charge on any atom is 0.331 e. The van der Waals surface area contributed by atoms with Crippen LogP contribution in [0.3, 0.4) is 0 Å². The summed E-state index contributed by atoms with van der Waals surface area (Å²) < 4.78 is 0. The smallest absolute Gasteiger partial charge is 0.331 e. The molecule has 0 aromatic heterocycles. The van der Waals surface area contributed by atoms with E-state index in [0.29, 0.717) is 17.4 Å². The van der Waals surface area contributed by atoms with Crippen LogP contribution < -0.4 is 0 Å². The Hall–Kier alpha value is -0.790. The molecule has 2 nitrogen and oxygen atoms in total. The molecule has 0 aliphatic rings. The Labute approximate surface area is 87.0 Å². The molecule has 0 rings (SSSR count). The highest BCUT2D eigenvalue weighted by atomic mass is 16.4. The van der Waals surface area contributed by atoms with Crippen LogP contribution in [0.5, 0.6) is 0 Å². The van der Waals surface area contributed by atoms with Crippen molar-refractivity contribution >= 4 is 5.97 Å². The van der Waals surface area contributed by atoms with Crippen molar-refractivity contribution in [3.63, 3.8) is 0 Å². The van der Waals surface area contributed by atoms with Gasteiger partial charge in [-0.25, -0.2) is 4.79 Å². The minimum absolute atomic E-state index is 0.0901.